The van der Waals surface area contributed by atoms with E-state index < -0.39 is 0 Å². The van der Waals surface area contributed by atoms with Gasteiger partial charge in [0.05, 0.1) is 18.2 Å². The van der Waals surface area contributed by atoms with Crippen molar-refractivity contribution in [2.45, 2.75) is 38.3 Å². The van der Waals surface area contributed by atoms with Crippen molar-refractivity contribution < 1.29 is 0 Å². The third-order valence-electron chi connectivity index (χ3n) is 3.74. The van der Waals surface area contributed by atoms with Crippen molar-refractivity contribution in [1.29, 1.82) is 0 Å². The third-order valence-corrected chi connectivity index (χ3v) is 4.00. The molecule has 3 nitrogen and oxygen atoms in total. The van der Waals surface area contributed by atoms with Gasteiger partial charge in [0.15, 0.2) is 0 Å². The van der Waals surface area contributed by atoms with Gasteiger partial charge in [0.1, 0.15) is 0 Å². The van der Waals surface area contributed by atoms with Crippen molar-refractivity contribution in [2.24, 2.45) is 0 Å². The molecule has 2 unspecified atom stereocenters. The van der Waals surface area contributed by atoms with Gasteiger partial charge >= 0.3 is 0 Å². The summed E-state index contributed by atoms with van der Waals surface area (Å²) in [5.41, 5.74) is 2.34. The molecule has 2 heterocycles. The smallest absolute Gasteiger partial charge is 0.0994 e. The minimum Gasteiger partial charge on any atom is -0.306 e. The normalized spacial score (nSPS) is 23.5. The maximum absolute atomic E-state index is 5.94. The first-order valence-electron chi connectivity index (χ1n) is 6.78. The lowest BCUT2D eigenvalue weighted by atomic mass is 9.97. The van der Waals surface area contributed by atoms with Crippen LogP contribution in [0.2, 0.25) is 5.02 Å². The number of nitrogens with zero attached hydrogens (tertiary/aromatic N) is 2. The maximum atomic E-state index is 5.94. The monoisotopic (exact) mass is 275 g/mol. The number of piperidine rings is 1. The van der Waals surface area contributed by atoms with E-state index in [1.165, 1.54) is 25.0 Å². The Balaban J connectivity index is 1.91. The molecule has 0 amide bonds. The molecule has 2 aromatic rings. The summed E-state index contributed by atoms with van der Waals surface area (Å²) in [5.74, 6) is 0. The van der Waals surface area contributed by atoms with Gasteiger partial charge in [0.2, 0.25) is 0 Å². The van der Waals surface area contributed by atoms with Gasteiger partial charge in [-0.15, -0.1) is 0 Å². The summed E-state index contributed by atoms with van der Waals surface area (Å²) in [6, 6.07) is 8.85. The van der Waals surface area contributed by atoms with Crippen molar-refractivity contribution in [3.05, 3.63) is 47.5 Å². The number of aromatic nitrogens is 2. The van der Waals surface area contributed by atoms with Gasteiger partial charge in [-0.1, -0.05) is 11.6 Å². The summed E-state index contributed by atoms with van der Waals surface area (Å²) in [6.45, 7) is 2.25. The molecule has 0 spiro atoms. The van der Waals surface area contributed by atoms with E-state index in [2.05, 4.69) is 21.8 Å². The number of hydrogen-bond acceptors (Lipinski definition) is 2. The zero-order valence-electron chi connectivity index (χ0n) is 11.0. The number of hydrogen-bond donors (Lipinski definition) is 1. The van der Waals surface area contributed by atoms with Crippen LogP contribution in [-0.2, 0) is 0 Å². The van der Waals surface area contributed by atoms with E-state index in [1.807, 2.05) is 36.8 Å². The molecule has 3 rings (SSSR count). The van der Waals surface area contributed by atoms with E-state index in [4.69, 9.17) is 11.6 Å². The van der Waals surface area contributed by atoms with Crippen LogP contribution in [0, 0.1) is 0 Å². The average Bonchev–Trinajstić information content (AvgIpc) is 2.89. The number of rotatable bonds is 2. The van der Waals surface area contributed by atoms with Gasteiger partial charge < -0.3 is 9.88 Å². The number of nitrogens with one attached hydrogen (secondary N) is 1. The lowest BCUT2D eigenvalue weighted by Gasteiger charge is -2.29. The second-order valence-electron chi connectivity index (χ2n) is 5.22. The van der Waals surface area contributed by atoms with Crippen LogP contribution in [0.4, 0.5) is 0 Å². The van der Waals surface area contributed by atoms with Crippen molar-refractivity contribution in [2.75, 3.05) is 0 Å². The molecule has 0 radical (unpaired) electrons. The van der Waals surface area contributed by atoms with Gasteiger partial charge in [-0.25, -0.2) is 4.98 Å². The van der Waals surface area contributed by atoms with Crippen LogP contribution < -0.4 is 5.32 Å². The summed E-state index contributed by atoms with van der Waals surface area (Å²) in [5, 5.41) is 4.41. The van der Waals surface area contributed by atoms with Crippen molar-refractivity contribution in [3.8, 4) is 5.69 Å². The minimum absolute atomic E-state index is 0.391. The Morgan fingerprint density at radius 1 is 1.26 bits per heavy atom. The Bertz CT molecular complexity index is 547. The first-order chi connectivity index (χ1) is 9.24. The molecule has 2 atom stereocenters. The summed E-state index contributed by atoms with van der Waals surface area (Å²) < 4.78 is 2.14. The fourth-order valence-corrected chi connectivity index (χ4v) is 2.88. The average molecular weight is 276 g/mol. The molecule has 1 N–H and O–H groups in total. The topological polar surface area (TPSA) is 29.9 Å². The Morgan fingerprint density at radius 2 is 2.05 bits per heavy atom. The largest absolute Gasteiger partial charge is 0.306 e. The standard InChI is InChI=1S/C15H18ClN3/c1-11-3-2-4-14(18-11)15-9-17-10-19(15)13-7-5-12(16)6-8-13/h5-11,14,18H,2-4H2,1H3. The lowest BCUT2D eigenvalue weighted by molar-refractivity contribution is 0.334. The van der Waals surface area contributed by atoms with Crippen LogP contribution in [0.1, 0.15) is 37.9 Å². The fourth-order valence-electron chi connectivity index (χ4n) is 2.75. The fraction of sp³-hybridized carbons (Fsp3) is 0.400. The SMILES string of the molecule is CC1CCCC(c2cncn2-c2ccc(Cl)cc2)N1. The molecule has 1 aromatic carbocycles. The zero-order chi connectivity index (χ0) is 13.2. The maximum Gasteiger partial charge on any atom is 0.0994 e. The van der Waals surface area contributed by atoms with Crippen LogP contribution in [0.3, 0.4) is 0 Å². The van der Waals surface area contributed by atoms with Gasteiger partial charge in [0, 0.05) is 22.8 Å². The second-order valence-corrected chi connectivity index (χ2v) is 5.65. The number of imidazole rings is 1. The highest BCUT2D eigenvalue weighted by Crippen LogP contribution is 2.27. The van der Waals surface area contributed by atoms with Gasteiger partial charge in [-0.3, -0.25) is 0 Å². The van der Waals surface area contributed by atoms with Crippen LogP contribution in [0.25, 0.3) is 5.69 Å². The van der Waals surface area contributed by atoms with E-state index in [0.29, 0.717) is 12.1 Å². The molecule has 1 aromatic heterocycles. The molecule has 4 heteroatoms. The highest BCUT2D eigenvalue weighted by molar-refractivity contribution is 6.30. The molecule has 1 saturated heterocycles. The van der Waals surface area contributed by atoms with Crippen LogP contribution in [0.15, 0.2) is 36.8 Å². The first kappa shape index (κ1) is 12.7. The molecule has 1 aliphatic heterocycles. The van der Waals surface area contributed by atoms with E-state index in [0.717, 1.165) is 10.7 Å². The molecule has 1 aliphatic rings. The quantitative estimate of drug-likeness (QED) is 0.905. The molecule has 19 heavy (non-hydrogen) atoms. The van der Waals surface area contributed by atoms with Crippen LogP contribution in [-0.4, -0.2) is 15.6 Å². The van der Waals surface area contributed by atoms with Crippen molar-refractivity contribution in [1.82, 2.24) is 14.9 Å². The molecule has 1 fully saturated rings. The summed E-state index contributed by atoms with van der Waals surface area (Å²) in [7, 11) is 0. The lowest BCUT2D eigenvalue weighted by Crippen LogP contribution is -2.35. The molecule has 0 aliphatic carbocycles. The Hall–Kier alpha value is -1.32. The zero-order valence-corrected chi connectivity index (χ0v) is 11.8. The van der Waals surface area contributed by atoms with Gasteiger partial charge in [-0.05, 0) is 50.5 Å². The van der Waals surface area contributed by atoms with E-state index >= 15 is 0 Å². The predicted octanol–water partition coefficient (Wildman–Crippen LogP) is 3.73. The molecule has 0 bridgehead atoms. The third kappa shape index (κ3) is 2.67. The summed E-state index contributed by atoms with van der Waals surface area (Å²) in [4.78, 5) is 4.31. The molecular weight excluding hydrogens is 258 g/mol. The van der Waals surface area contributed by atoms with Crippen molar-refractivity contribution in [3.63, 3.8) is 0 Å². The Morgan fingerprint density at radius 3 is 2.79 bits per heavy atom. The Kier molecular flexibility index (Phi) is 3.58. The number of halogens is 1. The van der Waals surface area contributed by atoms with Crippen LogP contribution >= 0.6 is 11.6 Å². The molecule has 100 valence electrons. The second kappa shape index (κ2) is 5.35. The van der Waals surface area contributed by atoms with E-state index in [1.54, 1.807) is 0 Å². The highest BCUT2D eigenvalue weighted by atomic mass is 35.5. The van der Waals surface area contributed by atoms with Crippen molar-refractivity contribution >= 4 is 11.6 Å². The summed E-state index contributed by atoms with van der Waals surface area (Å²) in [6.07, 6.45) is 7.53. The number of benzene rings is 1. The predicted molar refractivity (Wildman–Crippen MR) is 77.8 cm³/mol. The Labute approximate surface area is 118 Å². The molecule has 0 saturated carbocycles. The van der Waals surface area contributed by atoms with Crippen LogP contribution in [0.5, 0.6) is 0 Å². The first-order valence-corrected chi connectivity index (χ1v) is 7.16. The van der Waals surface area contributed by atoms with E-state index in [9.17, 15) is 0 Å². The van der Waals surface area contributed by atoms with E-state index in [-0.39, 0.29) is 0 Å². The van der Waals surface area contributed by atoms with Gasteiger partial charge in [0.25, 0.3) is 0 Å². The van der Waals surface area contributed by atoms with Gasteiger partial charge in [-0.2, -0.15) is 0 Å². The molecular formula is C15H18ClN3. The highest BCUT2D eigenvalue weighted by Gasteiger charge is 2.22. The minimum atomic E-state index is 0.391. The summed E-state index contributed by atoms with van der Waals surface area (Å²) >= 11 is 5.94.